The molecule has 2 aliphatic heterocycles. The zero-order chi connectivity index (χ0) is 47.1. The molecule has 1 amide bonds. The summed E-state index contributed by atoms with van der Waals surface area (Å²) < 4.78 is 66.7. The number of benzene rings is 1. The average Bonchev–Trinajstić information content (AvgIpc) is 3.22. The Kier molecular flexibility index (Phi) is 23.9. The number of nitrogens with zero attached hydrogens (tertiary/aromatic N) is 7. The van der Waals surface area contributed by atoms with Crippen LogP contribution in [0.2, 0.25) is 0 Å². The highest BCUT2D eigenvalue weighted by Gasteiger charge is 2.54. The summed E-state index contributed by atoms with van der Waals surface area (Å²) in [7, 11) is -5.41. The first-order valence-corrected chi connectivity index (χ1v) is 21.1. The Hall–Kier alpha value is -5.10. The number of aliphatic hydroxyl groups excluding tert-OH is 1. The van der Waals surface area contributed by atoms with Crippen LogP contribution < -0.4 is 5.32 Å². The van der Waals surface area contributed by atoms with Crippen LogP contribution in [0.5, 0.6) is 0 Å². The second-order valence-corrected chi connectivity index (χ2v) is 14.7. The zero-order valence-corrected chi connectivity index (χ0v) is 36.7. The molecule has 0 saturated carbocycles. The molecule has 3 N–H and O–H groups in total. The molecule has 2 heterocycles. The van der Waals surface area contributed by atoms with E-state index in [0.29, 0.717) is 0 Å². The van der Waals surface area contributed by atoms with Crippen LogP contribution in [0.1, 0.15) is 54.0 Å². The molecule has 2 saturated heterocycles. The summed E-state index contributed by atoms with van der Waals surface area (Å²) in [5, 5.41) is 19.4. The van der Waals surface area contributed by atoms with Gasteiger partial charge in [-0.3, -0.25) is 28.2 Å². The molecule has 26 nitrogen and oxygen atoms in total. The number of hydrogen-bond acceptors (Lipinski definition) is 20. The smallest absolute Gasteiger partial charge is 0.458 e. The van der Waals surface area contributed by atoms with Crippen LogP contribution in [-0.2, 0) is 77.3 Å². The van der Waals surface area contributed by atoms with Crippen molar-refractivity contribution in [1.29, 1.82) is 0 Å². The fourth-order valence-corrected chi connectivity index (χ4v) is 6.91. The van der Waals surface area contributed by atoms with Crippen molar-refractivity contribution in [3.05, 3.63) is 56.8 Å². The SMILES string of the molecule is CC(=O)O[C@@H]1[C@H](N=[N+]=[N-])[C@@H](OP(=O)(O)OC[C@H]2O[C@H](OCCNC(=O)OCc3ccccc3)[C@@H](N=[N+]=[N-])[C@@H](OC(C)=O)[C@@H]2OC(C)=O)O[C@H](CO)[C@H]1OC(C)=O.CCN(CC)CC. The van der Waals surface area contributed by atoms with E-state index in [1.807, 2.05) is 0 Å². The van der Waals surface area contributed by atoms with Gasteiger partial charge in [-0.15, -0.1) is 0 Å². The lowest BCUT2D eigenvalue weighted by Crippen LogP contribution is -2.61. The third-order valence-electron chi connectivity index (χ3n) is 8.83. The van der Waals surface area contributed by atoms with Crippen LogP contribution in [-0.4, -0.2) is 152 Å². The van der Waals surface area contributed by atoms with Crippen molar-refractivity contribution >= 4 is 37.8 Å². The summed E-state index contributed by atoms with van der Waals surface area (Å²) in [5.74, 6) is -3.76. The fraction of sp³-hybridized carbons (Fsp3) is 0.694. The zero-order valence-electron chi connectivity index (χ0n) is 35.8. The van der Waals surface area contributed by atoms with Crippen molar-refractivity contribution in [2.75, 3.05) is 46.0 Å². The maximum absolute atomic E-state index is 13.4. The third-order valence-corrected chi connectivity index (χ3v) is 9.78. The van der Waals surface area contributed by atoms with E-state index in [0.717, 1.165) is 33.3 Å². The molecule has 11 atom stereocenters. The minimum absolute atomic E-state index is 0.0252. The predicted molar refractivity (Wildman–Crippen MR) is 213 cm³/mol. The molecule has 2 fully saturated rings. The molecule has 3 rings (SSSR count). The van der Waals surface area contributed by atoms with Gasteiger partial charge in [-0.25, -0.2) is 9.36 Å². The van der Waals surface area contributed by atoms with Crippen molar-refractivity contribution in [2.24, 2.45) is 10.2 Å². The molecule has 352 valence electrons. The lowest BCUT2D eigenvalue weighted by molar-refractivity contribution is -0.273. The Labute approximate surface area is 362 Å². The summed E-state index contributed by atoms with van der Waals surface area (Å²) in [6.45, 7) is 11.6. The summed E-state index contributed by atoms with van der Waals surface area (Å²) in [5.41, 5.74) is 19.3. The number of esters is 4. The summed E-state index contributed by atoms with van der Waals surface area (Å²) in [6, 6.07) is 5.47. The van der Waals surface area contributed by atoms with Gasteiger partial charge in [0.1, 0.15) is 30.9 Å². The quantitative estimate of drug-likeness (QED) is 0.0303. The van der Waals surface area contributed by atoms with Gasteiger partial charge >= 0.3 is 37.8 Å². The first kappa shape index (κ1) is 54.0. The number of phosphoric acid groups is 1. The van der Waals surface area contributed by atoms with Gasteiger partial charge in [-0.1, -0.05) is 61.3 Å². The van der Waals surface area contributed by atoms with Crippen LogP contribution in [0.15, 0.2) is 40.6 Å². The molecule has 0 aliphatic carbocycles. The number of phosphoric ester groups is 1. The molecule has 0 radical (unpaired) electrons. The van der Waals surface area contributed by atoms with Crippen molar-refractivity contribution in [2.45, 2.75) is 116 Å². The molecule has 27 heteroatoms. The van der Waals surface area contributed by atoms with E-state index >= 15 is 0 Å². The molecular formula is C36H55N8O18P. The first-order chi connectivity index (χ1) is 29.9. The molecular weight excluding hydrogens is 863 g/mol. The monoisotopic (exact) mass is 918 g/mol. The molecule has 0 spiro atoms. The second-order valence-electron chi connectivity index (χ2n) is 13.3. The van der Waals surface area contributed by atoms with E-state index in [2.05, 4.69) is 51.0 Å². The van der Waals surface area contributed by atoms with E-state index in [1.165, 1.54) is 19.6 Å². The maximum atomic E-state index is 13.4. The van der Waals surface area contributed by atoms with E-state index in [9.17, 15) is 49.6 Å². The standard InChI is InChI=1S/C30H40N7O18P.C6H15N/c1-15(39)49-24-20(12-38)53-29(23(35-37-32)27(24)52-18(4)42)55-56(44,45)48-14-21-25(50-16(2)40)26(51-17(3)41)22(34-36-31)28(54-21)46-11-10-33-30(43)47-13-19-8-6-5-7-9-19;1-4-7(5-2)6-3/h5-9,20-29,38H,10-14H2,1-4H3,(H,33,43)(H,44,45);4-6H2,1-3H3/t20-,21-,22+,23+,24-,25-,26-,27-,28+,29-;/m1./s1. The fourth-order valence-electron chi connectivity index (χ4n) is 6.08. The number of nitrogens with one attached hydrogen (secondary N) is 1. The third kappa shape index (κ3) is 18.6. The highest BCUT2D eigenvalue weighted by Crippen LogP contribution is 2.48. The largest absolute Gasteiger partial charge is 0.474 e. The van der Waals surface area contributed by atoms with E-state index < -0.39 is 112 Å². The first-order valence-electron chi connectivity index (χ1n) is 19.6. The highest BCUT2D eigenvalue weighted by molar-refractivity contribution is 7.47. The number of carbonyl (C=O) groups excluding carboxylic acids is 5. The van der Waals surface area contributed by atoms with Crippen LogP contribution in [0.3, 0.4) is 0 Å². The Morgan fingerprint density at radius 1 is 0.778 bits per heavy atom. The number of carbonyl (C=O) groups is 5. The van der Waals surface area contributed by atoms with Crippen LogP contribution in [0, 0.1) is 0 Å². The van der Waals surface area contributed by atoms with Gasteiger partial charge in [0.2, 0.25) is 0 Å². The highest BCUT2D eigenvalue weighted by atomic mass is 31.2. The van der Waals surface area contributed by atoms with Crippen molar-refractivity contribution in [3.8, 4) is 0 Å². The minimum atomic E-state index is -5.41. The minimum Gasteiger partial charge on any atom is -0.458 e. The number of azide groups is 2. The number of aliphatic hydroxyl groups is 1. The Bertz CT molecular complexity index is 1780. The van der Waals surface area contributed by atoms with E-state index in [1.54, 1.807) is 30.3 Å². The van der Waals surface area contributed by atoms with Gasteiger partial charge in [-0.2, -0.15) is 0 Å². The Morgan fingerprint density at radius 3 is 1.71 bits per heavy atom. The van der Waals surface area contributed by atoms with Gasteiger partial charge in [0, 0.05) is 44.1 Å². The molecule has 1 aromatic carbocycles. The Balaban J connectivity index is 0.00000179. The molecule has 1 unspecified atom stereocenters. The van der Waals surface area contributed by atoms with Crippen molar-refractivity contribution < 1.29 is 85.5 Å². The topological polar surface area (TPSA) is 348 Å². The maximum Gasteiger partial charge on any atom is 0.474 e. The van der Waals surface area contributed by atoms with Crippen molar-refractivity contribution in [3.63, 3.8) is 0 Å². The lowest BCUT2D eigenvalue weighted by Gasteiger charge is -2.44. The van der Waals surface area contributed by atoms with Gasteiger partial charge in [-0.05, 0) is 36.3 Å². The normalized spacial score (nSPS) is 26.1. The molecule has 0 aromatic heterocycles. The molecule has 2 aliphatic rings. The summed E-state index contributed by atoms with van der Waals surface area (Å²) in [4.78, 5) is 78.7. The van der Waals surface area contributed by atoms with E-state index in [-0.39, 0.29) is 19.8 Å². The van der Waals surface area contributed by atoms with Crippen LogP contribution in [0.4, 0.5) is 4.79 Å². The van der Waals surface area contributed by atoms with Crippen LogP contribution in [0.25, 0.3) is 20.9 Å². The number of hydrogen-bond donors (Lipinski definition) is 3. The average molecular weight is 919 g/mol. The number of amides is 1. The van der Waals surface area contributed by atoms with Crippen LogP contribution >= 0.6 is 7.82 Å². The Morgan fingerprint density at radius 2 is 1.25 bits per heavy atom. The molecule has 0 bridgehead atoms. The lowest BCUT2D eigenvalue weighted by atomic mass is 9.97. The second kappa shape index (κ2) is 27.9. The van der Waals surface area contributed by atoms with Gasteiger partial charge in [0.15, 0.2) is 37.0 Å². The molecule has 1 aromatic rings. The number of alkyl carbamates (subject to hydrolysis) is 1. The van der Waals surface area contributed by atoms with E-state index in [4.69, 9.17) is 46.9 Å². The number of rotatable bonds is 21. The molecule has 63 heavy (non-hydrogen) atoms. The number of ether oxygens (including phenoxy) is 8. The predicted octanol–water partition coefficient (Wildman–Crippen LogP) is 2.94. The van der Waals surface area contributed by atoms with Gasteiger partial charge in [0.05, 0.1) is 19.8 Å². The van der Waals surface area contributed by atoms with Crippen molar-refractivity contribution in [1.82, 2.24) is 10.2 Å². The summed E-state index contributed by atoms with van der Waals surface area (Å²) in [6.07, 6.45) is -14.3. The summed E-state index contributed by atoms with van der Waals surface area (Å²) >= 11 is 0. The van der Waals surface area contributed by atoms with Gasteiger partial charge in [0.25, 0.3) is 0 Å². The van der Waals surface area contributed by atoms with Gasteiger partial charge < -0.3 is 58.1 Å².